The molecule has 0 aliphatic carbocycles. The molecule has 1 aliphatic heterocycles. The number of carbonyl (C=O) groups is 2. The van der Waals surface area contributed by atoms with Crippen LogP contribution in [-0.2, 0) is 28.5 Å². The third-order valence-corrected chi connectivity index (χ3v) is 12.2. The van der Waals surface area contributed by atoms with Gasteiger partial charge in [-0.2, -0.15) is 0 Å². The molecule has 0 radical (unpaired) electrons. The molecule has 0 saturated carbocycles. The van der Waals surface area contributed by atoms with E-state index in [1.165, 1.54) is 167 Å². The highest BCUT2D eigenvalue weighted by Gasteiger charge is 2.44. The average Bonchev–Trinajstić information content (AvgIpc) is 3.26. The second-order valence-corrected chi connectivity index (χ2v) is 18.0. The van der Waals surface area contributed by atoms with Crippen molar-refractivity contribution in [1.29, 1.82) is 0 Å². The van der Waals surface area contributed by atoms with Crippen LogP contribution in [0, 0.1) is 0 Å². The molecule has 1 aliphatic rings. The van der Waals surface area contributed by atoms with E-state index in [0.717, 1.165) is 38.5 Å². The SMILES string of the molecule is CCCCCCCCCCC/C=C/CCCCC(=O)OC[C@H](CO[C@@H]1O[C@H](CO)[C@H](O)C(O)C1O)OC(=O)CCCCCCCCCCCCCCCCCCCCCCC. The third-order valence-electron chi connectivity index (χ3n) is 12.2. The Bertz CT molecular complexity index is 1010. The van der Waals surface area contributed by atoms with E-state index in [1.807, 2.05) is 0 Å². The van der Waals surface area contributed by atoms with Crippen molar-refractivity contribution < 1.29 is 49.0 Å². The number of esters is 2. The van der Waals surface area contributed by atoms with Gasteiger partial charge in [0.2, 0.25) is 0 Å². The van der Waals surface area contributed by atoms with Crippen LogP contribution in [0.15, 0.2) is 12.2 Å². The predicted octanol–water partition coefficient (Wildman–Crippen LogP) is 11.9. The number of hydrogen-bond donors (Lipinski definition) is 4. The summed E-state index contributed by atoms with van der Waals surface area (Å²) in [5.74, 6) is -0.817. The summed E-state index contributed by atoms with van der Waals surface area (Å²) in [5.41, 5.74) is 0. The zero-order valence-corrected chi connectivity index (χ0v) is 39.4. The molecule has 10 nitrogen and oxygen atoms in total. The number of allylic oxidation sites excluding steroid dienone is 2. The lowest BCUT2D eigenvalue weighted by Crippen LogP contribution is -2.59. The quantitative estimate of drug-likeness (QED) is 0.0264. The van der Waals surface area contributed by atoms with Gasteiger partial charge in [-0.1, -0.05) is 206 Å². The number of ether oxygens (including phenoxy) is 4. The fourth-order valence-corrected chi connectivity index (χ4v) is 8.07. The van der Waals surface area contributed by atoms with E-state index >= 15 is 0 Å². The van der Waals surface area contributed by atoms with Crippen molar-refractivity contribution in [3.05, 3.63) is 12.2 Å². The van der Waals surface area contributed by atoms with Crippen molar-refractivity contribution in [2.75, 3.05) is 19.8 Å². The molecular weight excluding hydrogens is 773 g/mol. The maximum absolute atomic E-state index is 12.8. The number of rotatable bonds is 44. The van der Waals surface area contributed by atoms with Gasteiger partial charge in [0.25, 0.3) is 0 Å². The van der Waals surface area contributed by atoms with Crippen molar-refractivity contribution >= 4 is 11.9 Å². The van der Waals surface area contributed by atoms with E-state index in [2.05, 4.69) is 26.0 Å². The zero-order chi connectivity index (χ0) is 44.4. The Kier molecular flexibility index (Phi) is 39.9. The van der Waals surface area contributed by atoms with Crippen LogP contribution in [0.25, 0.3) is 0 Å². The van der Waals surface area contributed by atoms with Gasteiger partial charge in [0.1, 0.15) is 31.0 Å². The summed E-state index contributed by atoms with van der Waals surface area (Å²) in [5, 5.41) is 40.2. The third kappa shape index (κ3) is 33.6. The summed E-state index contributed by atoms with van der Waals surface area (Å²) < 4.78 is 22.2. The van der Waals surface area contributed by atoms with Crippen LogP contribution in [0.5, 0.6) is 0 Å². The Hall–Kier alpha value is -1.56. The maximum Gasteiger partial charge on any atom is 0.306 e. The molecule has 1 saturated heterocycles. The molecule has 1 fully saturated rings. The monoisotopic (exact) mass is 869 g/mol. The first kappa shape index (κ1) is 57.5. The second-order valence-electron chi connectivity index (χ2n) is 18.0. The molecule has 0 amide bonds. The van der Waals surface area contributed by atoms with E-state index in [0.29, 0.717) is 12.8 Å². The molecule has 0 aromatic rings. The molecule has 6 atom stereocenters. The summed E-state index contributed by atoms with van der Waals surface area (Å²) >= 11 is 0. The largest absolute Gasteiger partial charge is 0.462 e. The standard InChI is InChI=1S/C51H96O10/c1-3-5-7-9-11-13-15-17-19-20-21-22-23-24-26-28-30-32-34-36-38-40-47(54)60-44(43-59-51-50(57)49(56)48(55)45(41-52)61-51)42-58-46(53)39-37-35-33-31-29-27-25-18-16-14-12-10-8-6-4-2/h29,31,44-45,48-52,55-57H,3-28,30,32-43H2,1-2H3/b31-29+/t44-,45-,48+,49?,50?,51-/m1/s1. The first-order valence-corrected chi connectivity index (χ1v) is 25.8. The van der Waals surface area contributed by atoms with Gasteiger partial charge in [-0.05, 0) is 38.5 Å². The van der Waals surface area contributed by atoms with Gasteiger partial charge in [-0.15, -0.1) is 0 Å². The fraction of sp³-hybridized carbons (Fsp3) is 0.922. The lowest BCUT2D eigenvalue weighted by Gasteiger charge is -2.39. The van der Waals surface area contributed by atoms with Gasteiger partial charge >= 0.3 is 11.9 Å². The van der Waals surface area contributed by atoms with Crippen molar-refractivity contribution in [3.63, 3.8) is 0 Å². The van der Waals surface area contributed by atoms with Crippen LogP contribution in [0.4, 0.5) is 0 Å². The Morgan fingerprint density at radius 3 is 1.31 bits per heavy atom. The summed E-state index contributed by atoms with van der Waals surface area (Å²) in [6.07, 6.45) is 39.4. The molecule has 10 heteroatoms. The van der Waals surface area contributed by atoms with Crippen molar-refractivity contribution in [3.8, 4) is 0 Å². The molecular formula is C51H96O10. The maximum atomic E-state index is 12.8. The van der Waals surface area contributed by atoms with E-state index in [1.54, 1.807) is 0 Å². The first-order chi connectivity index (χ1) is 29.8. The summed E-state index contributed by atoms with van der Waals surface area (Å²) in [6.45, 7) is 3.45. The number of unbranched alkanes of at least 4 members (excludes halogenated alkanes) is 31. The Labute approximate surface area is 373 Å². The number of hydrogen-bond acceptors (Lipinski definition) is 10. The van der Waals surface area contributed by atoms with E-state index in [-0.39, 0.29) is 26.1 Å². The van der Waals surface area contributed by atoms with Crippen molar-refractivity contribution in [1.82, 2.24) is 0 Å². The minimum Gasteiger partial charge on any atom is -0.462 e. The van der Waals surface area contributed by atoms with Crippen molar-refractivity contribution in [2.45, 2.75) is 282 Å². The lowest BCUT2D eigenvalue weighted by molar-refractivity contribution is -0.305. The smallest absolute Gasteiger partial charge is 0.306 e. The molecule has 360 valence electrons. The first-order valence-electron chi connectivity index (χ1n) is 25.8. The van der Waals surface area contributed by atoms with Crippen LogP contribution in [0.3, 0.4) is 0 Å². The molecule has 0 bridgehead atoms. The molecule has 0 spiro atoms. The summed E-state index contributed by atoms with van der Waals surface area (Å²) in [4.78, 5) is 25.4. The van der Waals surface area contributed by atoms with Crippen LogP contribution in [0.1, 0.15) is 245 Å². The molecule has 1 heterocycles. The fourth-order valence-electron chi connectivity index (χ4n) is 8.07. The highest BCUT2D eigenvalue weighted by molar-refractivity contribution is 5.70. The van der Waals surface area contributed by atoms with Gasteiger partial charge in [0.05, 0.1) is 13.2 Å². The lowest BCUT2D eigenvalue weighted by atomic mass is 9.99. The number of carbonyl (C=O) groups excluding carboxylic acids is 2. The Morgan fingerprint density at radius 2 is 0.869 bits per heavy atom. The number of aliphatic hydroxyl groups is 4. The Morgan fingerprint density at radius 1 is 0.492 bits per heavy atom. The highest BCUT2D eigenvalue weighted by Crippen LogP contribution is 2.23. The molecule has 0 aromatic heterocycles. The van der Waals surface area contributed by atoms with E-state index in [9.17, 15) is 30.0 Å². The second kappa shape index (κ2) is 42.4. The molecule has 1 rings (SSSR count). The van der Waals surface area contributed by atoms with E-state index < -0.39 is 55.4 Å². The molecule has 0 aromatic carbocycles. The molecule has 61 heavy (non-hydrogen) atoms. The van der Waals surface area contributed by atoms with E-state index in [4.69, 9.17) is 18.9 Å². The normalized spacial score (nSPS) is 19.7. The van der Waals surface area contributed by atoms with Crippen LogP contribution in [-0.4, -0.2) is 89.0 Å². The van der Waals surface area contributed by atoms with Gasteiger partial charge in [0.15, 0.2) is 12.4 Å². The highest BCUT2D eigenvalue weighted by atomic mass is 16.7. The van der Waals surface area contributed by atoms with Gasteiger partial charge in [-0.3, -0.25) is 9.59 Å². The average molecular weight is 869 g/mol. The van der Waals surface area contributed by atoms with Gasteiger partial charge in [-0.25, -0.2) is 0 Å². The Balaban J connectivity index is 2.25. The summed E-state index contributed by atoms with van der Waals surface area (Å²) in [6, 6.07) is 0. The minimum atomic E-state index is -1.59. The molecule has 2 unspecified atom stereocenters. The van der Waals surface area contributed by atoms with Crippen LogP contribution >= 0.6 is 0 Å². The van der Waals surface area contributed by atoms with Gasteiger partial charge < -0.3 is 39.4 Å². The van der Waals surface area contributed by atoms with Crippen LogP contribution < -0.4 is 0 Å². The number of aliphatic hydroxyl groups excluding tert-OH is 4. The zero-order valence-electron chi connectivity index (χ0n) is 39.4. The minimum absolute atomic E-state index is 0.222. The molecule has 4 N–H and O–H groups in total. The summed E-state index contributed by atoms with van der Waals surface area (Å²) in [7, 11) is 0. The van der Waals surface area contributed by atoms with Gasteiger partial charge in [0, 0.05) is 12.8 Å². The predicted molar refractivity (Wildman–Crippen MR) is 247 cm³/mol. The van der Waals surface area contributed by atoms with Crippen LogP contribution in [0.2, 0.25) is 0 Å². The topological polar surface area (TPSA) is 152 Å². The van der Waals surface area contributed by atoms with Crippen molar-refractivity contribution in [2.24, 2.45) is 0 Å².